The van der Waals surface area contributed by atoms with Gasteiger partial charge in [-0.2, -0.15) is 10.2 Å². The second-order valence-electron chi connectivity index (χ2n) is 6.67. The fourth-order valence-corrected chi connectivity index (χ4v) is 3.52. The summed E-state index contributed by atoms with van der Waals surface area (Å²) in [6.45, 7) is 5.90. The third-order valence-electron chi connectivity index (χ3n) is 4.74. The lowest BCUT2D eigenvalue weighted by molar-refractivity contribution is 0.845. The monoisotopic (exact) mass is 330 g/mol. The number of anilines is 1. The van der Waals surface area contributed by atoms with Gasteiger partial charge in [0.05, 0.1) is 17.6 Å². The highest BCUT2D eigenvalue weighted by Crippen LogP contribution is 2.31. The molecule has 25 heavy (non-hydrogen) atoms. The minimum Gasteiger partial charge on any atom is -0.348 e. The number of fused-ring (bicyclic) bond motifs is 2. The van der Waals surface area contributed by atoms with Gasteiger partial charge in [-0.15, -0.1) is 0 Å². The SMILES string of the molecule is Cc1ccc2c(c1)CN(c1cc(-c3cn[nH]c3)n3nc(C)cc3n1)C2. The number of aromatic nitrogens is 5. The Bertz CT molecular complexity index is 1080. The van der Waals surface area contributed by atoms with Crippen LogP contribution in [0.15, 0.2) is 42.7 Å². The number of nitrogens with one attached hydrogen (secondary N) is 1. The summed E-state index contributed by atoms with van der Waals surface area (Å²) < 4.78 is 1.89. The van der Waals surface area contributed by atoms with E-state index in [1.165, 1.54) is 16.7 Å². The molecular formula is C19H18N6. The predicted octanol–water partition coefficient (Wildman–Crippen LogP) is 3.26. The summed E-state index contributed by atoms with van der Waals surface area (Å²) in [7, 11) is 0. The van der Waals surface area contributed by atoms with E-state index in [2.05, 4.69) is 51.4 Å². The van der Waals surface area contributed by atoms with Crippen LogP contribution in [0.2, 0.25) is 0 Å². The van der Waals surface area contributed by atoms with Gasteiger partial charge in [0.25, 0.3) is 0 Å². The van der Waals surface area contributed by atoms with E-state index < -0.39 is 0 Å². The van der Waals surface area contributed by atoms with E-state index in [1.807, 2.05) is 29.9 Å². The largest absolute Gasteiger partial charge is 0.348 e. The number of aryl methyl sites for hydroxylation is 2. The Balaban J connectivity index is 1.63. The molecular weight excluding hydrogens is 312 g/mol. The van der Waals surface area contributed by atoms with Crippen molar-refractivity contribution in [3.8, 4) is 11.3 Å². The Kier molecular flexibility index (Phi) is 2.94. The first kappa shape index (κ1) is 14.2. The summed E-state index contributed by atoms with van der Waals surface area (Å²) in [6.07, 6.45) is 3.70. The maximum Gasteiger partial charge on any atom is 0.158 e. The number of rotatable bonds is 2. The fraction of sp³-hybridized carbons (Fsp3) is 0.211. The molecule has 0 amide bonds. The van der Waals surface area contributed by atoms with Crippen LogP contribution in [-0.2, 0) is 13.1 Å². The molecule has 6 nitrogen and oxygen atoms in total. The molecule has 0 bridgehead atoms. The molecule has 0 atom stereocenters. The lowest BCUT2D eigenvalue weighted by Gasteiger charge is -2.18. The first-order valence-electron chi connectivity index (χ1n) is 8.37. The normalized spacial score (nSPS) is 13.6. The molecule has 1 aliphatic heterocycles. The van der Waals surface area contributed by atoms with Crippen molar-refractivity contribution in [2.75, 3.05) is 4.90 Å². The number of benzene rings is 1. The van der Waals surface area contributed by atoms with Gasteiger partial charge >= 0.3 is 0 Å². The van der Waals surface area contributed by atoms with Crippen LogP contribution in [0.5, 0.6) is 0 Å². The molecule has 0 unspecified atom stereocenters. The van der Waals surface area contributed by atoms with Crippen LogP contribution in [0.1, 0.15) is 22.4 Å². The zero-order chi connectivity index (χ0) is 17.0. The lowest BCUT2D eigenvalue weighted by atomic mass is 10.1. The van der Waals surface area contributed by atoms with Gasteiger partial charge in [0.15, 0.2) is 5.65 Å². The highest BCUT2D eigenvalue weighted by molar-refractivity contribution is 5.67. The number of H-pyrrole nitrogens is 1. The van der Waals surface area contributed by atoms with E-state index >= 15 is 0 Å². The molecule has 6 heteroatoms. The van der Waals surface area contributed by atoms with Crippen molar-refractivity contribution < 1.29 is 0 Å². The van der Waals surface area contributed by atoms with Crippen LogP contribution in [-0.4, -0.2) is 24.8 Å². The fourth-order valence-electron chi connectivity index (χ4n) is 3.52. The highest BCUT2D eigenvalue weighted by Gasteiger charge is 2.22. The van der Waals surface area contributed by atoms with E-state index in [0.717, 1.165) is 41.5 Å². The van der Waals surface area contributed by atoms with Crippen LogP contribution in [0.4, 0.5) is 5.82 Å². The number of nitrogens with zero attached hydrogens (tertiary/aromatic N) is 5. The number of aromatic amines is 1. The molecule has 3 aromatic heterocycles. The third kappa shape index (κ3) is 2.29. The molecule has 0 saturated carbocycles. The minimum absolute atomic E-state index is 0.860. The smallest absolute Gasteiger partial charge is 0.158 e. The minimum atomic E-state index is 0.860. The van der Waals surface area contributed by atoms with Crippen LogP contribution >= 0.6 is 0 Å². The Morgan fingerprint density at radius 2 is 1.92 bits per heavy atom. The molecule has 124 valence electrons. The van der Waals surface area contributed by atoms with Crippen molar-refractivity contribution in [1.29, 1.82) is 0 Å². The summed E-state index contributed by atoms with van der Waals surface area (Å²) in [6, 6.07) is 10.8. The van der Waals surface area contributed by atoms with E-state index in [0.29, 0.717) is 0 Å². The lowest BCUT2D eigenvalue weighted by Crippen LogP contribution is -2.17. The standard InChI is InChI=1S/C19H18N6/c1-12-3-4-14-10-24(11-15(14)5-12)18-7-17(16-8-20-21-9-16)25-19(22-18)6-13(2)23-25/h3-9H,10-11H2,1-2H3,(H,20,21). The van der Waals surface area contributed by atoms with E-state index in [-0.39, 0.29) is 0 Å². The Hall–Kier alpha value is -3.15. The molecule has 0 radical (unpaired) electrons. The molecule has 0 spiro atoms. The van der Waals surface area contributed by atoms with Crippen LogP contribution < -0.4 is 4.90 Å². The summed E-state index contributed by atoms with van der Waals surface area (Å²) in [5, 5.41) is 11.5. The van der Waals surface area contributed by atoms with Gasteiger partial charge in [-0.1, -0.05) is 23.8 Å². The van der Waals surface area contributed by atoms with Crippen molar-refractivity contribution >= 4 is 11.5 Å². The van der Waals surface area contributed by atoms with Gasteiger partial charge in [0.1, 0.15) is 5.82 Å². The van der Waals surface area contributed by atoms with Crippen LogP contribution in [0, 0.1) is 13.8 Å². The average molecular weight is 330 g/mol. The first-order chi connectivity index (χ1) is 12.2. The molecule has 1 N–H and O–H groups in total. The van der Waals surface area contributed by atoms with Gasteiger partial charge in [0, 0.05) is 37.0 Å². The summed E-state index contributed by atoms with van der Waals surface area (Å²) in [5.74, 6) is 0.970. The van der Waals surface area contributed by atoms with Gasteiger partial charge in [-0.05, 0) is 25.0 Å². The van der Waals surface area contributed by atoms with Gasteiger partial charge in [-0.25, -0.2) is 9.50 Å². The summed E-state index contributed by atoms with van der Waals surface area (Å²) in [4.78, 5) is 7.17. The predicted molar refractivity (Wildman–Crippen MR) is 96.4 cm³/mol. The van der Waals surface area contributed by atoms with Gasteiger partial charge in [0.2, 0.25) is 0 Å². The Morgan fingerprint density at radius 3 is 2.76 bits per heavy atom. The molecule has 1 aromatic carbocycles. The number of hydrogen-bond donors (Lipinski definition) is 1. The Labute approximate surface area is 145 Å². The van der Waals surface area contributed by atoms with Crippen LogP contribution in [0.3, 0.4) is 0 Å². The first-order valence-corrected chi connectivity index (χ1v) is 8.37. The molecule has 4 heterocycles. The van der Waals surface area contributed by atoms with Crippen molar-refractivity contribution in [2.45, 2.75) is 26.9 Å². The summed E-state index contributed by atoms with van der Waals surface area (Å²) >= 11 is 0. The molecule has 1 aliphatic rings. The quantitative estimate of drug-likeness (QED) is 0.613. The van der Waals surface area contributed by atoms with Gasteiger partial charge < -0.3 is 4.90 Å². The zero-order valence-electron chi connectivity index (χ0n) is 14.2. The second-order valence-corrected chi connectivity index (χ2v) is 6.67. The number of hydrogen-bond acceptors (Lipinski definition) is 4. The third-order valence-corrected chi connectivity index (χ3v) is 4.74. The van der Waals surface area contributed by atoms with Crippen LogP contribution in [0.25, 0.3) is 16.9 Å². The summed E-state index contributed by atoms with van der Waals surface area (Å²) in [5.41, 5.74) is 7.87. The molecule has 0 aliphatic carbocycles. The Morgan fingerprint density at radius 1 is 1.04 bits per heavy atom. The van der Waals surface area contributed by atoms with E-state index in [9.17, 15) is 0 Å². The van der Waals surface area contributed by atoms with Crippen molar-refractivity contribution in [3.63, 3.8) is 0 Å². The molecule has 0 fully saturated rings. The van der Waals surface area contributed by atoms with Crippen molar-refractivity contribution in [2.24, 2.45) is 0 Å². The topological polar surface area (TPSA) is 62.1 Å². The van der Waals surface area contributed by atoms with Crippen molar-refractivity contribution in [3.05, 3.63) is 65.1 Å². The van der Waals surface area contributed by atoms with Gasteiger partial charge in [-0.3, -0.25) is 5.10 Å². The average Bonchev–Trinajstić information content (AvgIpc) is 3.31. The maximum absolute atomic E-state index is 4.85. The maximum atomic E-state index is 4.85. The molecule has 4 aromatic rings. The molecule has 0 saturated heterocycles. The van der Waals surface area contributed by atoms with E-state index in [1.54, 1.807) is 0 Å². The van der Waals surface area contributed by atoms with E-state index in [4.69, 9.17) is 4.98 Å². The molecule has 5 rings (SSSR count). The van der Waals surface area contributed by atoms with Crippen molar-refractivity contribution in [1.82, 2.24) is 24.8 Å². The second kappa shape index (κ2) is 5.17. The zero-order valence-corrected chi connectivity index (χ0v) is 14.2. The highest BCUT2D eigenvalue weighted by atomic mass is 15.3.